The number of ether oxygens (including phenoxy) is 1. The maximum absolute atomic E-state index is 11.7. The number of fused-ring (bicyclic) bond motifs is 1. The fourth-order valence-corrected chi connectivity index (χ4v) is 2.11. The van der Waals surface area contributed by atoms with Gasteiger partial charge in [0.2, 0.25) is 10.0 Å². The van der Waals surface area contributed by atoms with E-state index in [9.17, 15) is 13.2 Å². The molecule has 1 aromatic carbocycles. The van der Waals surface area contributed by atoms with E-state index in [2.05, 4.69) is 5.32 Å². The Balaban J connectivity index is 1.97. The molecule has 98 valence electrons. The van der Waals surface area contributed by atoms with Gasteiger partial charge < -0.3 is 10.1 Å². The molecule has 6 nitrogen and oxygen atoms in total. The van der Waals surface area contributed by atoms with Crippen molar-refractivity contribution in [3.8, 4) is 0 Å². The molecule has 1 amide bonds. The quantitative estimate of drug-likeness (QED) is 0.787. The van der Waals surface area contributed by atoms with Gasteiger partial charge in [-0.25, -0.2) is 13.6 Å². The molecular weight excluding hydrogens is 256 g/mol. The van der Waals surface area contributed by atoms with E-state index < -0.39 is 10.0 Å². The monoisotopic (exact) mass is 270 g/mol. The standard InChI is InChI=1S/C11H14N2O4S/c12-18(15,16)4-3-13-11(14)8-1-2-9-6-17-7-10(9)5-8/h1-2,5H,3-4,6-7H2,(H,13,14)(H2,12,15,16). The SMILES string of the molecule is NS(=O)(=O)CCNC(=O)c1ccc2c(c1)COC2. The third kappa shape index (κ3) is 3.28. The molecule has 0 saturated heterocycles. The molecule has 1 heterocycles. The van der Waals surface area contributed by atoms with Crippen LogP contribution in [0, 0.1) is 0 Å². The Kier molecular flexibility index (Phi) is 3.65. The Morgan fingerprint density at radius 2 is 2.06 bits per heavy atom. The van der Waals surface area contributed by atoms with Crippen LogP contribution >= 0.6 is 0 Å². The minimum absolute atomic E-state index is 0.00521. The fraction of sp³-hybridized carbons (Fsp3) is 0.364. The highest BCUT2D eigenvalue weighted by molar-refractivity contribution is 7.89. The van der Waals surface area contributed by atoms with Gasteiger partial charge in [-0.2, -0.15) is 0 Å². The Hall–Kier alpha value is -1.44. The summed E-state index contributed by atoms with van der Waals surface area (Å²) in [6.07, 6.45) is 0. The first-order chi connectivity index (χ1) is 8.46. The van der Waals surface area contributed by atoms with E-state index >= 15 is 0 Å². The summed E-state index contributed by atoms with van der Waals surface area (Å²) < 4.78 is 26.7. The molecule has 0 aromatic heterocycles. The van der Waals surface area contributed by atoms with Crippen LogP contribution in [0.4, 0.5) is 0 Å². The van der Waals surface area contributed by atoms with Crippen molar-refractivity contribution in [3.05, 3.63) is 34.9 Å². The molecule has 0 saturated carbocycles. The van der Waals surface area contributed by atoms with Crippen molar-refractivity contribution in [3.63, 3.8) is 0 Å². The molecule has 1 aliphatic rings. The van der Waals surface area contributed by atoms with E-state index in [1.54, 1.807) is 12.1 Å². The molecular formula is C11H14N2O4S. The van der Waals surface area contributed by atoms with Crippen LogP contribution in [0.2, 0.25) is 0 Å². The van der Waals surface area contributed by atoms with Gasteiger partial charge >= 0.3 is 0 Å². The summed E-state index contributed by atoms with van der Waals surface area (Å²) in [4.78, 5) is 11.7. The summed E-state index contributed by atoms with van der Waals surface area (Å²) in [5.74, 6) is -0.583. The number of hydrogen-bond donors (Lipinski definition) is 2. The fourth-order valence-electron chi connectivity index (χ4n) is 1.72. The van der Waals surface area contributed by atoms with Gasteiger partial charge in [0.15, 0.2) is 0 Å². The largest absolute Gasteiger partial charge is 0.372 e. The average Bonchev–Trinajstić information content (AvgIpc) is 2.73. The van der Waals surface area contributed by atoms with Crippen molar-refractivity contribution in [1.29, 1.82) is 0 Å². The van der Waals surface area contributed by atoms with Crippen LogP contribution in [-0.2, 0) is 28.0 Å². The molecule has 2 rings (SSSR count). The lowest BCUT2D eigenvalue weighted by Gasteiger charge is -2.05. The maximum atomic E-state index is 11.7. The first kappa shape index (κ1) is 13.0. The smallest absolute Gasteiger partial charge is 0.251 e. The van der Waals surface area contributed by atoms with Crippen LogP contribution in [0.25, 0.3) is 0 Å². The zero-order chi connectivity index (χ0) is 13.2. The molecule has 0 bridgehead atoms. The van der Waals surface area contributed by atoms with Gasteiger partial charge in [-0.05, 0) is 23.3 Å². The second kappa shape index (κ2) is 5.05. The lowest BCUT2D eigenvalue weighted by molar-refractivity contribution is 0.0956. The van der Waals surface area contributed by atoms with Crippen molar-refractivity contribution in [1.82, 2.24) is 5.32 Å². The molecule has 7 heteroatoms. The molecule has 3 N–H and O–H groups in total. The second-order valence-electron chi connectivity index (χ2n) is 4.10. The Morgan fingerprint density at radius 3 is 2.78 bits per heavy atom. The van der Waals surface area contributed by atoms with Gasteiger partial charge in [-0.1, -0.05) is 6.07 Å². The Bertz CT molecular complexity index is 568. The summed E-state index contributed by atoms with van der Waals surface area (Å²) in [7, 11) is -3.55. The van der Waals surface area contributed by atoms with E-state index in [4.69, 9.17) is 9.88 Å². The number of hydrogen-bond acceptors (Lipinski definition) is 4. The summed E-state index contributed by atoms with van der Waals surface area (Å²) in [6.45, 7) is 1.08. The molecule has 0 fully saturated rings. The van der Waals surface area contributed by atoms with Gasteiger partial charge in [-0.15, -0.1) is 0 Å². The van der Waals surface area contributed by atoms with Gasteiger partial charge in [-0.3, -0.25) is 4.79 Å². The number of benzene rings is 1. The van der Waals surface area contributed by atoms with Gasteiger partial charge in [0.25, 0.3) is 5.91 Å². The number of carbonyl (C=O) groups is 1. The second-order valence-corrected chi connectivity index (χ2v) is 5.83. The lowest BCUT2D eigenvalue weighted by atomic mass is 10.1. The highest BCUT2D eigenvalue weighted by atomic mass is 32.2. The first-order valence-electron chi connectivity index (χ1n) is 5.44. The van der Waals surface area contributed by atoms with Gasteiger partial charge in [0, 0.05) is 12.1 Å². The third-order valence-corrected chi connectivity index (χ3v) is 3.43. The number of amides is 1. The van der Waals surface area contributed by atoms with Crippen LogP contribution in [0.3, 0.4) is 0 Å². The summed E-state index contributed by atoms with van der Waals surface area (Å²) in [5, 5.41) is 7.35. The minimum Gasteiger partial charge on any atom is -0.372 e. The predicted molar refractivity (Wildman–Crippen MR) is 65.2 cm³/mol. The van der Waals surface area contributed by atoms with Crippen molar-refractivity contribution in [2.24, 2.45) is 5.14 Å². The van der Waals surface area contributed by atoms with E-state index in [1.807, 2.05) is 6.07 Å². The minimum atomic E-state index is -3.55. The van der Waals surface area contributed by atoms with Crippen molar-refractivity contribution >= 4 is 15.9 Å². The molecule has 0 unspecified atom stereocenters. The van der Waals surface area contributed by atoms with E-state index in [0.717, 1.165) is 11.1 Å². The molecule has 0 radical (unpaired) electrons. The van der Waals surface area contributed by atoms with Crippen LogP contribution in [0.5, 0.6) is 0 Å². The van der Waals surface area contributed by atoms with Crippen LogP contribution in [-0.4, -0.2) is 26.6 Å². The third-order valence-electron chi connectivity index (χ3n) is 2.66. The maximum Gasteiger partial charge on any atom is 0.251 e. The molecule has 0 spiro atoms. The molecule has 18 heavy (non-hydrogen) atoms. The molecule has 1 aliphatic heterocycles. The van der Waals surface area contributed by atoms with Gasteiger partial charge in [0.1, 0.15) is 0 Å². The van der Waals surface area contributed by atoms with Crippen LogP contribution < -0.4 is 10.5 Å². The lowest BCUT2D eigenvalue weighted by Crippen LogP contribution is -2.31. The predicted octanol–water partition coefficient (Wildman–Crippen LogP) is -0.265. The van der Waals surface area contributed by atoms with E-state index in [-0.39, 0.29) is 18.2 Å². The summed E-state index contributed by atoms with van der Waals surface area (Å²) in [5.41, 5.74) is 2.57. The van der Waals surface area contributed by atoms with Crippen molar-refractivity contribution < 1.29 is 17.9 Å². The van der Waals surface area contributed by atoms with Gasteiger partial charge in [0.05, 0.1) is 19.0 Å². The number of primary sulfonamides is 1. The van der Waals surface area contributed by atoms with Crippen molar-refractivity contribution in [2.45, 2.75) is 13.2 Å². The number of carbonyl (C=O) groups excluding carboxylic acids is 1. The number of sulfonamides is 1. The van der Waals surface area contributed by atoms with Crippen LogP contribution in [0.15, 0.2) is 18.2 Å². The van der Waals surface area contributed by atoms with Crippen LogP contribution in [0.1, 0.15) is 21.5 Å². The Labute approximate surface area is 105 Å². The molecule has 1 aromatic rings. The first-order valence-corrected chi connectivity index (χ1v) is 7.15. The molecule has 0 atom stereocenters. The highest BCUT2D eigenvalue weighted by Crippen LogP contribution is 2.20. The topological polar surface area (TPSA) is 98.5 Å². The summed E-state index contributed by atoms with van der Waals surface area (Å²) >= 11 is 0. The van der Waals surface area contributed by atoms with E-state index in [1.165, 1.54) is 0 Å². The molecule has 0 aliphatic carbocycles. The number of nitrogens with two attached hydrogens (primary N) is 1. The normalized spacial score (nSPS) is 14.3. The number of rotatable bonds is 4. The number of nitrogens with one attached hydrogen (secondary N) is 1. The van der Waals surface area contributed by atoms with Crippen molar-refractivity contribution in [2.75, 3.05) is 12.3 Å². The summed E-state index contributed by atoms with van der Waals surface area (Å²) in [6, 6.07) is 5.30. The van der Waals surface area contributed by atoms with E-state index in [0.29, 0.717) is 18.8 Å². The Morgan fingerprint density at radius 1 is 1.33 bits per heavy atom. The zero-order valence-corrected chi connectivity index (χ0v) is 10.5. The average molecular weight is 270 g/mol. The zero-order valence-electron chi connectivity index (χ0n) is 9.68. The highest BCUT2D eigenvalue weighted by Gasteiger charge is 2.14.